The molecule has 1 aromatic heterocycles. The highest BCUT2D eigenvalue weighted by Crippen LogP contribution is 2.16. The number of nitrogens with zero attached hydrogens (tertiary/aromatic N) is 5. The summed E-state index contributed by atoms with van der Waals surface area (Å²) >= 11 is 1.22. The Hall–Kier alpha value is -1.64. The first-order valence-electron chi connectivity index (χ1n) is 5.44. The van der Waals surface area contributed by atoms with Gasteiger partial charge in [-0.15, -0.1) is 5.10 Å². The number of hydrogen-bond donors (Lipinski definition) is 0. The van der Waals surface area contributed by atoms with E-state index < -0.39 is 5.97 Å². The van der Waals surface area contributed by atoms with Crippen LogP contribution in [0.5, 0.6) is 0 Å². The number of thioether (sulfide) groups is 1. The molecule has 2 heterocycles. The topological polar surface area (TPSA) is 90.2 Å². The van der Waals surface area contributed by atoms with Crippen LogP contribution in [0.3, 0.4) is 0 Å². The van der Waals surface area contributed by atoms with Crippen molar-refractivity contribution in [3.63, 3.8) is 0 Å². The highest BCUT2D eigenvalue weighted by Gasteiger charge is 2.21. The zero-order valence-corrected chi connectivity index (χ0v) is 10.7. The van der Waals surface area contributed by atoms with E-state index in [1.807, 2.05) is 0 Å². The van der Waals surface area contributed by atoms with Crippen LogP contribution >= 0.6 is 11.8 Å². The van der Waals surface area contributed by atoms with E-state index >= 15 is 0 Å². The maximum Gasteiger partial charge on any atom is 0.327 e. The number of carbonyl (C=O) groups is 2. The summed E-state index contributed by atoms with van der Waals surface area (Å²) in [5, 5.41) is 11.4. The zero-order valence-electron chi connectivity index (χ0n) is 9.90. The van der Waals surface area contributed by atoms with Crippen molar-refractivity contribution < 1.29 is 14.3 Å². The SMILES string of the molecule is COC(=O)Cn1nnnc1SCC(=O)N1CCC1. The lowest BCUT2D eigenvalue weighted by atomic mass is 10.2. The monoisotopic (exact) mass is 271 g/mol. The predicted molar refractivity (Wildman–Crippen MR) is 61.8 cm³/mol. The molecule has 0 aromatic carbocycles. The van der Waals surface area contributed by atoms with Gasteiger partial charge in [-0.25, -0.2) is 4.68 Å². The zero-order chi connectivity index (χ0) is 13.0. The molecule has 1 aromatic rings. The minimum atomic E-state index is -0.432. The van der Waals surface area contributed by atoms with Gasteiger partial charge >= 0.3 is 5.97 Å². The predicted octanol–water partition coefficient (Wildman–Crippen LogP) is -0.829. The minimum absolute atomic E-state index is 0.0518. The van der Waals surface area contributed by atoms with Gasteiger partial charge in [-0.1, -0.05) is 11.8 Å². The molecular formula is C9H13N5O3S. The summed E-state index contributed by atoms with van der Waals surface area (Å²) in [6.45, 7) is 1.60. The highest BCUT2D eigenvalue weighted by molar-refractivity contribution is 7.99. The number of likely N-dealkylation sites (tertiary alicyclic amines) is 1. The molecule has 98 valence electrons. The van der Waals surface area contributed by atoms with E-state index in [9.17, 15) is 9.59 Å². The largest absolute Gasteiger partial charge is 0.468 e. The van der Waals surface area contributed by atoms with Crippen LogP contribution in [0.25, 0.3) is 0 Å². The second-order valence-electron chi connectivity index (χ2n) is 3.72. The van der Waals surface area contributed by atoms with Crippen molar-refractivity contribution in [1.82, 2.24) is 25.1 Å². The van der Waals surface area contributed by atoms with Gasteiger partial charge in [0.25, 0.3) is 0 Å². The maximum atomic E-state index is 11.6. The fourth-order valence-electron chi connectivity index (χ4n) is 1.37. The lowest BCUT2D eigenvalue weighted by molar-refractivity contribution is -0.141. The Morgan fingerprint density at radius 3 is 2.83 bits per heavy atom. The molecule has 0 saturated carbocycles. The smallest absolute Gasteiger partial charge is 0.327 e. The van der Waals surface area contributed by atoms with Gasteiger partial charge in [-0.2, -0.15) is 0 Å². The summed E-state index contributed by atoms with van der Waals surface area (Å²) in [6, 6.07) is 0. The number of esters is 1. The van der Waals surface area contributed by atoms with Gasteiger partial charge in [0.1, 0.15) is 6.54 Å². The average Bonchev–Trinajstić information content (AvgIpc) is 2.71. The Morgan fingerprint density at radius 1 is 1.44 bits per heavy atom. The second kappa shape index (κ2) is 5.80. The molecule has 1 saturated heterocycles. The van der Waals surface area contributed by atoms with E-state index in [4.69, 9.17) is 0 Å². The third-order valence-electron chi connectivity index (χ3n) is 2.54. The van der Waals surface area contributed by atoms with E-state index in [-0.39, 0.29) is 18.2 Å². The van der Waals surface area contributed by atoms with Crippen LogP contribution in [-0.4, -0.2) is 62.9 Å². The Balaban J connectivity index is 1.86. The van der Waals surface area contributed by atoms with Crippen LogP contribution < -0.4 is 0 Å². The molecule has 0 N–H and O–H groups in total. The molecule has 9 heteroatoms. The molecule has 1 aliphatic rings. The molecule has 0 aliphatic carbocycles. The van der Waals surface area contributed by atoms with Crippen LogP contribution in [0.15, 0.2) is 5.16 Å². The first kappa shape index (κ1) is 12.8. The number of ether oxygens (including phenoxy) is 1. The van der Waals surface area contributed by atoms with E-state index in [1.165, 1.54) is 23.6 Å². The third kappa shape index (κ3) is 2.97. The first-order valence-corrected chi connectivity index (χ1v) is 6.43. The molecule has 8 nitrogen and oxygen atoms in total. The summed E-state index contributed by atoms with van der Waals surface area (Å²) in [5.74, 6) is -0.0845. The molecule has 0 bridgehead atoms. The summed E-state index contributed by atoms with van der Waals surface area (Å²) < 4.78 is 5.85. The van der Waals surface area contributed by atoms with E-state index in [0.29, 0.717) is 5.16 Å². The fourth-order valence-corrected chi connectivity index (χ4v) is 2.15. The van der Waals surface area contributed by atoms with Crippen molar-refractivity contribution in [1.29, 1.82) is 0 Å². The lowest BCUT2D eigenvalue weighted by Gasteiger charge is -2.30. The summed E-state index contributed by atoms with van der Waals surface area (Å²) in [4.78, 5) is 24.5. The van der Waals surface area contributed by atoms with Gasteiger partial charge in [0.2, 0.25) is 11.1 Å². The standard InChI is InChI=1S/C9H13N5O3S/c1-17-8(16)5-14-9(10-11-12-14)18-6-7(15)13-3-2-4-13/h2-6H2,1H3. The molecule has 1 aliphatic heterocycles. The van der Waals surface area contributed by atoms with Gasteiger partial charge < -0.3 is 9.64 Å². The molecule has 0 unspecified atom stereocenters. The summed E-state index contributed by atoms with van der Waals surface area (Å²) in [5.41, 5.74) is 0. The van der Waals surface area contributed by atoms with Gasteiger partial charge in [-0.05, 0) is 16.8 Å². The van der Waals surface area contributed by atoms with Crippen LogP contribution in [-0.2, 0) is 20.9 Å². The van der Waals surface area contributed by atoms with Crippen molar-refractivity contribution in [3.05, 3.63) is 0 Å². The van der Waals surface area contributed by atoms with E-state index in [0.717, 1.165) is 19.5 Å². The highest BCUT2D eigenvalue weighted by atomic mass is 32.2. The van der Waals surface area contributed by atoms with Crippen molar-refractivity contribution in [2.45, 2.75) is 18.1 Å². The Morgan fingerprint density at radius 2 is 2.22 bits per heavy atom. The molecular weight excluding hydrogens is 258 g/mol. The minimum Gasteiger partial charge on any atom is -0.468 e. The van der Waals surface area contributed by atoms with Crippen LogP contribution in [0, 0.1) is 0 Å². The average molecular weight is 271 g/mol. The molecule has 0 radical (unpaired) electrons. The Labute approximate surface area is 108 Å². The number of aromatic nitrogens is 4. The molecule has 1 fully saturated rings. The van der Waals surface area contributed by atoms with Crippen molar-refractivity contribution in [2.24, 2.45) is 0 Å². The van der Waals surface area contributed by atoms with Crippen molar-refractivity contribution >= 4 is 23.6 Å². The number of amides is 1. The Bertz CT molecular complexity index is 445. The lowest BCUT2D eigenvalue weighted by Crippen LogP contribution is -2.43. The first-order chi connectivity index (χ1) is 8.70. The van der Waals surface area contributed by atoms with Crippen LogP contribution in [0.2, 0.25) is 0 Å². The van der Waals surface area contributed by atoms with E-state index in [2.05, 4.69) is 20.3 Å². The number of carbonyl (C=O) groups excluding carboxylic acids is 2. The molecule has 0 atom stereocenters. The normalized spacial score (nSPS) is 14.2. The third-order valence-corrected chi connectivity index (χ3v) is 3.48. The molecule has 2 rings (SSSR count). The van der Waals surface area contributed by atoms with Gasteiger partial charge in [0.15, 0.2) is 0 Å². The summed E-state index contributed by atoms with van der Waals surface area (Å²) in [7, 11) is 1.30. The number of hydrogen-bond acceptors (Lipinski definition) is 7. The van der Waals surface area contributed by atoms with Gasteiger partial charge in [0, 0.05) is 13.1 Å². The molecule has 0 spiro atoms. The Kier molecular flexibility index (Phi) is 4.13. The van der Waals surface area contributed by atoms with Gasteiger partial charge in [-0.3, -0.25) is 9.59 Å². The molecule has 18 heavy (non-hydrogen) atoms. The van der Waals surface area contributed by atoms with Crippen molar-refractivity contribution in [3.8, 4) is 0 Å². The number of rotatable bonds is 5. The summed E-state index contributed by atoms with van der Waals surface area (Å²) in [6.07, 6.45) is 1.07. The van der Waals surface area contributed by atoms with Crippen LogP contribution in [0.4, 0.5) is 0 Å². The quantitative estimate of drug-likeness (QED) is 0.510. The van der Waals surface area contributed by atoms with E-state index in [1.54, 1.807) is 4.90 Å². The number of methoxy groups -OCH3 is 1. The fraction of sp³-hybridized carbons (Fsp3) is 0.667. The maximum absolute atomic E-state index is 11.6. The van der Waals surface area contributed by atoms with Crippen LogP contribution in [0.1, 0.15) is 6.42 Å². The number of tetrazole rings is 1. The van der Waals surface area contributed by atoms with Gasteiger partial charge in [0.05, 0.1) is 12.9 Å². The van der Waals surface area contributed by atoms with Crippen molar-refractivity contribution in [2.75, 3.05) is 26.0 Å². The molecule has 1 amide bonds. The second-order valence-corrected chi connectivity index (χ2v) is 4.66.